The van der Waals surface area contributed by atoms with Crippen LogP contribution < -0.4 is 5.32 Å². The molecule has 0 saturated carbocycles. The van der Waals surface area contributed by atoms with Crippen molar-refractivity contribution in [3.63, 3.8) is 0 Å². The number of rotatable bonds is 5. The molecule has 0 saturated heterocycles. The predicted octanol–water partition coefficient (Wildman–Crippen LogP) is 3.26. The van der Waals surface area contributed by atoms with E-state index in [9.17, 15) is 0 Å². The summed E-state index contributed by atoms with van der Waals surface area (Å²) in [5.74, 6) is 0. The molecule has 0 spiro atoms. The molecular formula is C16H26N2. The zero-order valence-electron chi connectivity index (χ0n) is 12.0. The molecule has 1 N–H and O–H groups in total. The van der Waals surface area contributed by atoms with Gasteiger partial charge in [-0.3, -0.25) is 4.90 Å². The van der Waals surface area contributed by atoms with Crippen LogP contribution in [-0.2, 0) is 6.54 Å². The molecule has 0 fully saturated rings. The van der Waals surface area contributed by atoms with Crippen molar-refractivity contribution in [3.05, 3.63) is 34.9 Å². The van der Waals surface area contributed by atoms with Crippen LogP contribution in [0.3, 0.4) is 0 Å². The van der Waals surface area contributed by atoms with Gasteiger partial charge in [0.05, 0.1) is 0 Å². The molecule has 0 bridgehead atoms. The lowest BCUT2D eigenvalue weighted by atomic mass is 9.93. The van der Waals surface area contributed by atoms with Crippen LogP contribution in [0.25, 0.3) is 0 Å². The highest BCUT2D eigenvalue weighted by molar-refractivity contribution is 5.35. The van der Waals surface area contributed by atoms with E-state index in [-0.39, 0.29) is 0 Å². The molecule has 1 heterocycles. The van der Waals surface area contributed by atoms with Crippen molar-refractivity contribution in [1.82, 2.24) is 10.2 Å². The molecule has 1 aliphatic rings. The van der Waals surface area contributed by atoms with Gasteiger partial charge in [-0.1, -0.05) is 37.6 Å². The minimum atomic E-state index is 0.563. The highest BCUT2D eigenvalue weighted by Gasteiger charge is 2.24. The first-order valence-corrected chi connectivity index (χ1v) is 7.30. The quantitative estimate of drug-likeness (QED) is 0.858. The van der Waals surface area contributed by atoms with Gasteiger partial charge in [0, 0.05) is 19.1 Å². The van der Waals surface area contributed by atoms with Crippen LogP contribution in [0.2, 0.25) is 0 Å². The van der Waals surface area contributed by atoms with Gasteiger partial charge >= 0.3 is 0 Å². The van der Waals surface area contributed by atoms with E-state index in [0.717, 1.165) is 13.1 Å². The van der Waals surface area contributed by atoms with Crippen molar-refractivity contribution >= 4 is 0 Å². The topological polar surface area (TPSA) is 15.3 Å². The fraction of sp³-hybridized carbons (Fsp3) is 0.625. The second-order valence-corrected chi connectivity index (χ2v) is 5.38. The largest absolute Gasteiger partial charge is 0.311 e. The number of fused-ring (bicyclic) bond motifs is 1. The number of nitrogens with one attached hydrogen (secondary N) is 1. The maximum absolute atomic E-state index is 3.57. The lowest BCUT2D eigenvalue weighted by molar-refractivity contribution is 0.185. The fourth-order valence-electron chi connectivity index (χ4n) is 2.96. The molecule has 2 rings (SSSR count). The van der Waals surface area contributed by atoms with Crippen LogP contribution in [-0.4, -0.2) is 24.5 Å². The molecule has 1 aromatic carbocycles. The summed E-state index contributed by atoms with van der Waals surface area (Å²) in [6.07, 6.45) is 2.47. The van der Waals surface area contributed by atoms with Gasteiger partial charge in [-0.15, -0.1) is 0 Å². The summed E-state index contributed by atoms with van der Waals surface area (Å²) in [6.45, 7) is 11.3. The van der Waals surface area contributed by atoms with Crippen molar-refractivity contribution in [2.45, 2.75) is 46.2 Å². The zero-order chi connectivity index (χ0) is 13.0. The average Bonchev–Trinajstić information content (AvgIpc) is 2.38. The molecule has 2 heteroatoms. The number of nitrogens with zero attached hydrogens (tertiary/aromatic N) is 1. The Bertz CT molecular complexity index is 381. The molecule has 0 aliphatic carbocycles. The Morgan fingerprint density at radius 2 is 1.94 bits per heavy atom. The summed E-state index contributed by atoms with van der Waals surface area (Å²) in [7, 11) is 0. The standard InChI is InChI=1S/C16H26N2/c1-4-8-18(9-5-2)16-12-17-11-14-7-6-13(3)10-15(14)16/h6-7,10,16-17H,4-5,8-9,11-12H2,1-3H3/t16-/m1/s1. The van der Waals surface area contributed by atoms with E-state index in [1.165, 1.54) is 37.1 Å². The average molecular weight is 246 g/mol. The summed E-state index contributed by atoms with van der Waals surface area (Å²) in [4.78, 5) is 2.64. The molecule has 1 aliphatic heterocycles. The van der Waals surface area contributed by atoms with Crippen LogP contribution >= 0.6 is 0 Å². The van der Waals surface area contributed by atoms with Gasteiger partial charge < -0.3 is 5.32 Å². The first-order chi connectivity index (χ1) is 8.76. The maximum Gasteiger partial charge on any atom is 0.0476 e. The van der Waals surface area contributed by atoms with Gasteiger partial charge in [-0.2, -0.15) is 0 Å². The third-order valence-corrected chi connectivity index (χ3v) is 3.78. The molecule has 18 heavy (non-hydrogen) atoms. The Morgan fingerprint density at radius 1 is 1.22 bits per heavy atom. The van der Waals surface area contributed by atoms with Gasteiger partial charge in [0.1, 0.15) is 0 Å². The second-order valence-electron chi connectivity index (χ2n) is 5.38. The Balaban J connectivity index is 2.26. The molecule has 100 valence electrons. The van der Waals surface area contributed by atoms with E-state index in [1.807, 2.05) is 0 Å². The number of hydrogen-bond donors (Lipinski definition) is 1. The number of aryl methyl sites for hydroxylation is 1. The van der Waals surface area contributed by atoms with E-state index in [1.54, 1.807) is 5.56 Å². The summed E-state index contributed by atoms with van der Waals surface area (Å²) in [5, 5.41) is 3.57. The van der Waals surface area contributed by atoms with Crippen molar-refractivity contribution in [2.24, 2.45) is 0 Å². The van der Waals surface area contributed by atoms with E-state index < -0.39 is 0 Å². The third-order valence-electron chi connectivity index (χ3n) is 3.78. The summed E-state index contributed by atoms with van der Waals surface area (Å²) in [5.41, 5.74) is 4.42. The molecule has 0 aromatic heterocycles. The maximum atomic E-state index is 3.57. The predicted molar refractivity (Wildman–Crippen MR) is 77.8 cm³/mol. The zero-order valence-corrected chi connectivity index (χ0v) is 12.0. The van der Waals surface area contributed by atoms with E-state index in [4.69, 9.17) is 0 Å². The molecule has 0 radical (unpaired) electrons. The van der Waals surface area contributed by atoms with Crippen LogP contribution in [0.15, 0.2) is 18.2 Å². The van der Waals surface area contributed by atoms with Crippen molar-refractivity contribution in [3.8, 4) is 0 Å². The van der Waals surface area contributed by atoms with Crippen molar-refractivity contribution < 1.29 is 0 Å². The monoisotopic (exact) mass is 246 g/mol. The smallest absolute Gasteiger partial charge is 0.0476 e. The minimum absolute atomic E-state index is 0.563. The second kappa shape index (κ2) is 6.35. The number of benzene rings is 1. The number of hydrogen-bond acceptors (Lipinski definition) is 2. The Labute approximate surface area is 111 Å². The molecular weight excluding hydrogens is 220 g/mol. The normalized spacial score (nSPS) is 19.0. The van der Waals surface area contributed by atoms with Crippen LogP contribution in [0.1, 0.15) is 49.4 Å². The van der Waals surface area contributed by atoms with E-state index in [0.29, 0.717) is 6.04 Å². The highest BCUT2D eigenvalue weighted by atomic mass is 15.2. The highest BCUT2D eigenvalue weighted by Crippen LogP contribution is 2.28. The Morgan fingerprint density at radius 3 is 2.61 bits per heavy atom. The van der Waals surface area contributed by atoms with Gasteiger partial charge in [0.25, 0.3) is 0 Å². The van der Waals surface area contributed by atoms with Crippen LogP contribution in [0.5, 0.6) is 0 Å². The van der Waals surface area contributed by atoms with E-state index in [2.05, 4.69) is 49.2 Å². The van der Waals surface area contributed by atoms with E-state index >= 15 is 0 Å². The summed E-state index contributed by atoms with van der Waals surface area (Å²) >= 11 is 0. The molecule has 0 amide bonds. The first-order valence-electron chi connectivity index (χ1n) is 7.30. The van der Waals surface area contributed by atoms with Gasteiger partial charge in [0.15, 0.2) is 0 Å². The first kappa shape index (κ1) is 13.6. The van der Waals surface area contributed by atoms with Gasteiger partial charge in [0.2, 0.25) is 0 Å². The Hall–Kier alpha value is -0.860. The van der Waals surface area contributed by atoms with Crippen LogP contribution in [0.4, 0.5) is 0 Å². The van der Waals surface area contributed by atoms with Gasteiger partial charge in [-0.05, 0) is 44.0 Å². The van der Waals surface area contributed by atoms with Crippen LogP contribution in [0, 0.1) is 6.92 Å². The Kier molecular flexibility index (Phi) is 4.79. The summed E-state index contributed by atoms with van der Waals surface area (Å²) < 4.78 is 0. The van der Waals surface area contributed by atoms with Crippen molar-refractivity contribution in [1.29, 1.82) is 0 Å². The van der Waals surface area contributed by atoms with Crippen molar-refractivity contribution in [2.75, 3.05) is 19.6 Å². The third kappa shape index (κ3) is 2.93. The summed E-state index contributed by atoms with van der Waals surface area (Å²) in [6, 6.07) is 7.47. The SMILES string of the molecule is CCCN(CCC)[C@@H]1CNCc2ccc(C)cc21. The molecule has 1 atom stereocenters. The molecule has 0 unspecified atom stereocenters. The lowest BCUT2D eigenvalue weighted by Gasteiger charge is -2.36. The molecule has 2 nitrogen and oxygen atoms in total. The minimum Gasteiger partial charge on any atom is -0.311 e. The fourth-order valence-corrected chi connectivity index (χ4v) is 2.96. The molecule has 1 aromatic rings. The van der Waals surface area contributed by atoms with Gasteiger partial charge in [-0.25, -0.2) is 0 Å². The lowest BCUT2D eigenvalue weighted by Crippen LogP contribution is -2.40.